The third-order valence-corrected chi connectivity index (χ3v) is 3.04. The molecule has 0 aromatic heterocycles. The van der Waals surface area contributed by atoms with Gasteiger partial charge in [-0.2, -0.15) is 5.48 Å². The van der Waals surface area contributed by atoms with Crippen LogP contribution in [-0.2, 0) is 14.4 Å². The van der Waals surface area contributed by atoms with E-state index in [0.717, 1.165) is 25.0 Å². The minimum atomic E-state index is -0.801. The molecule has 5 heteroatoms. The molecule has 3 rings (SSSR count). The van der Waals surface area contributed by atoms with Gasteiger partial charge in [-0.1, -0.05) is 6.08 Å². The highest BCUT2D eigenvalue weighted by molar-refractivity contribution is 6.22. The summed E-state index contributed by atoms with van der Waals surface area (Å²) < 4.78 is 0. The molecule has 0 bridgehead atoms. The first-order valence-electron chi connectivity index (χ1n) is 5.06. The highest BCUT2D eigenvalue weighted by Gasteiger charge is 2.47. The van der Waals surface area contributed by atoms with Gasteiger partial charge in [-0.3, -0.25) is 9.59 Å². The zero-order chi connectivity index (χ0) is 10.4. The first-order chi connectivity index (χ1) is 7.27. The number of nitrogens with zero attached hydrogens (tertiary/aromatic N) is 1. The molecule has 0 saturated carbocycles. The maximum Gasteiger partial charge on any atom is 0.272 e. The Hall–Kier alpha value is -1.65. The lowest BCUT2D eigenvalue weighted by Gasteiger charge is -2.25. The van der Waals surface area contributed by atoms with Gasteiger partial charge < -0.3 is 4.84 Å². The number of nitrogens with one attached hydrogen (secondary N) is 1. The van der Waals surface area contributed by atoms with Crippen molar-refractivity contribution in [3.05, 3.63) is 11.8 Å². The lowest BCUT2D eigenvalue weighted by atomic mass is 9.81. The van der Waals surface area contributed by atoms with Gasteiger partial charge in [-0.05, 0) is 19.3 Å². The van der Waals surface area contributed by atoms with Gasteiger partial charge in [-0.15, -0.1) is 0 Å². The number of aliphatic imine (C=N–C) groups is 1. The normalized spacial score (nSPS) is 33.3. The van der Waals surface area contributed by atoms with Crippen molar-refractivity contribution in [2.24, 2.45) is 16.8 Å². The predicted molar refractivity (Wildman–Crippen MR) is 50.6 cm³/mol. The topological polar surface area (TPSA) is 67.8 Å². The number of Topliss-reactive ketones (excluding diaryl/α,β-unsaturated/α-hetero) is 1. The third-order valence-electron chi connectivity index (χ3n) is 3.04. The van der Waals surface area contributed by atoms with Gasteiger partial charge in [0.1, 0.15) is 0 Å². The number of rotatable bonds is 0. The van der Waals surface area contributed by atoms with E-state index in [0.29, 0.717) is 0 Å². The Morgan fingerprint density at radius 3 is 3.20 bits per heavy atom. The molecule has 0 spiro atoms. The molecule has 0 radical (unpaired) electrons. The van der Waals surface area contributed by atoms with Crippen LogP contribution in [0.25, 0.3) is 0 Å². The van der Waals surface area contributed by atoms with Crippen molar-refractivity contribution in [3.63, 3.8) is 0 Å². The Balaban J connectivity index is 2.07. The summed E-state index contributed by atoms with van der Waals surface area (Å²) in [6.07, 6.45) is 4.69. The highest BCUT2D eigenvalue weighted by atomic mass is 16.7. The van der Waals surface area contributed by atoms with Crippen LogP contribution in [-0.4, -0.2) is 17.6 Å². The van der Waals surface area contributed by atoms with Crippen molar-refractivity contribution < 1.29 is 14.4 Å². The molecular weight excluding hydrogens is 196 g/mol. The SMILES string of the molecule is O=C1NOC2=NC3=CCCCC3C(=O)C12. The van der Waals surface area contributed by atoms with Crippen molar-refractivity contribution in [1.29, 1.82) is 0 Å². The first-order valence-corrected chi connectivity index (χ1v) is 5.06. The van der Waals surface area contributed by atoms with Crippen molar-refractivity contribution in [1.82, 2.24) is 5.48 Å². The van der Waals surface area contributed by atoms with Crippen LogP contribution in [0.3, 0.4) is 0 Å². The van der Waals surface area contributed by atoms with Crippen LogP contribution in [0.2, 0.25) is 0 Å². The van der Waals surface area contributed by atoms with Gasteiger partial charge in [-0.25, -0.2) is 4.99 Å². The number of hydroxylamine groups is 1. The summed E-state index contributed by atoms with van der Waals surface area (Å²) in [7, 11) is 0. The average molecular weight is 206 g/mol. The van der Waals surface area contributed by atoms with Crippen LogP contribution in [0.4, 0.5) is 0 Å². The first kappa shape index (κ1) is 8.64. The number of carbonyl (C=O) groups excluding carboxylic acids is 2. The number of fused-ring (bicyclic) bond motifs is 2. The van der Waals surface area contributed by atoms with Crippen LogP contribution in [0.1, 0.15) is 19.3 Å². The molecule has 78 valence electrons. The maximum atomic E-state index is 12.0. The van der Waals surface area contributed by atoms with E-state index in [1.165, 1.54) is 0 Å². The van der Waals surface area contributed by atoms with E-state index >= 15 is 0 Å². The zero-order valence-corrected chi connectivity index (χ0v) is 8.03. The van der Waals surface area contributed by atoms with E-state index in [9.17, 15) is 9.59 Å². The number of ketones is 1. The molecule has 5 nitrogen and oxygen atoms in total. The van der Waals surface area contributed by atoms with Gasteiger partial charge in [0.25, 0.3) is 5.91 Å². The largest absolute Gasteiger partial charge is 0.362 e. The van der Waals surface area contributed by atoms with Gasteiger partial charge in [0.15, 0.2) is 11.7 Å². The molecule has 2 aliphatic heterocycles. The molecule has 0 aromatic carbocycles. The fraction of sp³-hybridized carbons (Fsp3) is 0.500. The summed E-state index contributed by atoms with van der Waals surface area (Å²) in [6, 6.07) is 0. The fourth-order valence-corrected chi connectivity index (χ4v) is 2.27. The van der Waals surface area contributed by atoms with E-state index < -0.39 is 5.92 Å². The van der Waals surface area contributed by atoms with Gasteiger partial charge in [0, 0.05) is 0 Å². The van der Waals surface area contributed by atoms with Crippen LogP contribution in [0.5, 0.6) is 0 Å². The fourth-order valence-electron chi connectivity index (χ4n) is 2.27. The van der Waals surface area contributed by atoms with Crippen LogP contribution in [0.15, 0.2) is 16.8 Å². The molecule has 1 fully saturated rings. The Kier molecular flexibility index (Phi) is 1.68. The van der Waals surface area contributed by atoms with E-state index in [1.54, 1.807) is 0 Å². The molecule has 15 heavy (non-hydrogen) atoms. The molecule has 0 aromatic rings. The van der Waals surface area contributed by atoms with Gasteiger partial charge >= 0.3 is 0 Å². The number of amides is 1. The molecule has 2 unspecified atom stereocenters. The molecule has 2 heterocycles. The quantitative estimate of drug-likeness (QED) is 0.581. The van der Waals surface area contributed by atoms with Gasteiger partial charge in [0.2, 0.25) is 5.90 Å². The van der Waals surface area contributed by atoms with E-state index in [4.69, 9.17) is 4.84 Å². The van der Waals surface area contributed by atoms with E-state index in [2.05, 4.69) is 10.5 Å². The van der Waals surface area contributed by atoms with Crippen LogP contribution < -0.4 is 5.48 Å². The Morgan fingerprint density at radius 1 is 1.47 bits per heavy atom. The summed E-state index contributed by atoms with van der Waals surface area (Å²) in [5.41, 5.74) is 2.96. The molecule has 1 aliphatic carbocycles. The van der Waals surface area contributed by atoms with E-state index in [-0.39, 0.29) is 23.5 Å². The van der Waals surface area contributed by atoms with E-state index in [1.807, 2.05) is 6.08 Å². The lowest BCUT2D eigenvalue weighted by molar-refractivity contribution is -0.133. The average Bonchev–Trinajstić information content (AvgIpc) is 2.61. The minimum Gasteiger partial charge on any atom is -0.362 e. The van der Waals surface area contributed by atoms with Gasteiger partial charge in [0.05, 0.1) is 11.6 Å². The summed E-state index contributed by atoms with van der Waals surface area (Å²) in [5.74, 6) is -1.23. The summed E-state index contributed by atoms with van der Waals surface area (Å²) in [4.78, 5) is 32.4. The Labute approximate surface area is 86.2 Å². The zero-order valence-electron chi connectivity index (χ0n) is 8.03. The lowest BCUT2D eigenvalue weighted by Crippen LogP contribution is -2.37. The van der Waals surface area contributed by atoms with Crippen molar-refractivity contribution >= 4 is 17.6 Å². The number of carbonyl (C=O) groups is 2. The predicted octanol–water partition coefficient (Wildman–Crippen LogP) is 0.329. The van der Waals surface area contributed by atoms with Crippen molar-refractivity contribution in [2.75, 3.05) is 0 Å². The van der Waals surface area contributed by atoms with Crippen LogP contribution in [0, 0.1) is 11.8 Å². The monoisotopic (exact) mass is 206 g/mol. The third kappa shape index (κ3) is 1.12. The standard InChI is InChI=1S/C10H10N2O3/c13-8-5-3-1-2-4-6(5)11-10-7(8)9(14)12-15-10/h4-5,7H,1-3H2,(H,12,14). The Bertz CT molecular complexity index is 411. The second-order valence-electron chi connectivity index (χ2n) is 3.97. The summed E-state index contributed by atoms with van der Waals surface area (Å²) >= 11 is 0. The number of hydrogen-bond acceptors (Lipinski definition) is 4. The van der Waals surface area contributed by atoms with Crippen molar-refractivity contribution in [2.45, 2.75) is 19.3 Å². The second kappa shape index (κ2) is 2.92. The number of allylic oxidation sites excluding steroid dienone is 2. The molecule has 1 saturated heterocycles. The molecule has 1 N–H and O–H groups in total. The molecule has 3 aliphatic rings. The van der Waals surface area contributed by atoms with Crippen molar-refractivity contribution in [3.8, 4) is 0 Å². The maximum absolute atomic E-state index is 12.0. The summed E-state index contributed by atoms with van der Waals surface area (Å²) in [6.45, 7) is 0. The number of hydrogen-bond donors (Lipinski definition) is 1. The minimum absolute atomic E-state index is 0.0686. The second-order valence-corrected chi connectivity index (χ2v) is 3.97. The molecular formula is C10H10N2O3. The molecule has 1 amide bonds. The van der Waals surface area contributed by atoms with Crippen LogP contribution >= 0.6 is 0 Å². The smallest absolute Gasteiger partial charge is 0.272 e. The Morgan fingerprint density at radius 2 is 2.33 bits per heavy atom. The highest BCUT2D eigenvalue weighted by Crippen LogP contribution is 2.34. The summed E-state index contributed by atoms with van der Waals surface area (Å²) in [5, 5.41) is 0. The molecule has 2 atom stereocenters.